The summed E-state index contributed by atoms with van der Waals surface area (Å²) in [5.74, 6) is 6.18. The lowest BCUT2D eigenvalue weighted by Crippen LogP contribution is -2.27. The van der Waals surface area contributed by atoms with Crippen LogP contribution in [-0.2, 0) is 4.79 Å². The van der Waals surface area contributed by atoms with E-state index in [2.05, 4.69) is 11.1 Å². The Morgan fingerprint density at radius 1 is 1.14 bits per heavy atom. The van der Waals surface area contributed by atoms with Crippen molar-refractivity contribution in [1.82, 2.24) is 5.01 Å². The Bertz CT molecular complexity index is 988. The smallest absolute Gasteiger partial charge is 0.229 e. The molecular formula is C17H14N4O. The quantitative estimate of drug-likeness (QED) is 0.337. The second-order valence-corrected chi connectivity index (χ2v) is 5.49. The Balaban J connectivity index is 2.04. The predicted molar refractivity (Wildman–Crippen MR) is 83.3 cm³/mol. The number of allylic oxidation sites excluding steroid dienone is 1. The lowest BCUT2D eigenvalue weighted by molar-refractivity contribution is -0.116. The van der Waals surface area contributed by atoms with Gasteiger partial charge in [-0.3, -0.25) is 4.79 Å². The minimum atomic E-state index is 0.491. The molecule has 1 amide bonds. The van der Waals surface area contributed by atoms with Crippen LogP contribution in [0.1, 0.15) is 18.1 Å². The van der Waals surface area contributed by atoms with Gasteiger partial charge in [-0.25, -0.2) is 20.8 Å². The highest BCUT2D eigenvalue weighted by Crippen LogP contribution is 2.34. The molecule has 108 valence electrons. The third kappa shape index (κ3) is 1.54. The van der Waals surface area contributed by atoms with E-state index in [0.717, 1.165) is 49.2 Å². The van der Waals surface area contributed by atoms with Crippen molar-refractivity contribution in [1.29, 1.82) is 0 Å². The number of nitrogens with zero attached hydrogens (tertiary/aromatic N) is 3. The van der Waals surface area contributed by atoms with Gasteiger partial charge in [0.05, 0.1) is 16.4 Å². The van der Waals surface area contributed by atoms with Crippen LogP contribution in [0.15, 0.2) is 46.1 Å². The van der Waals surface area contributed by atoms with E-state index in [1.165, 1.54) is 0 Å². The Morgan fingerprint density at radius 2 is 1.91 bits per heavy atom. The van der Waals surface area contributed by atoms with Gasteiger partial charge in [0.25, 0.3) is 0 Å². The van der Waals surface area contributed by atoms with E-state index in [9.17, 15) is 4.79 Å². The van der Waals surface area contributed by atoms with Gasteiger partial charge >= 0.3 is 0 Å². The maximum Gasteiger partial charge on any atom is 0.229 e. The summed E-state index contributed by atoms with van der Waals surface area (Å²) in [5.41, 5.74) is 6.17. The number of rotatable bonds is 2. The summed E-state index contributed by atoms with van der Waals surface area (Å²) in [7, 11) is 0. The average molecular weight is 290 g/mol. The van der Waals surface area contributed by atoms with Gasteiger partial charge in [-0.2, -0.15) is 0 Å². The molecule has 0 atom stereocenters. The van der Waals surface area contributed by atoms with Crippen LogP contribution in [0.5, 0.6) is 0 Å². The van der Waals surface area contributed by atoms with Gasteiger partial charge in [0.1, 0.15) is 0 Å². The fourth-order valence-corrected chi connectivity index (χ4v) is 3.23. The van der Waals surface area contributed by atoms with E-state index in [0.29, 0.717) is 12.2 Å². The molecule has 2 N–H and O–H groups in total. The molecule has 5 heteroatoms. The molecule has 5 nitrogen and oxygen atoms in total. The topological polar surface area (TPSA) is 71.0 Å². The summed E-state index contributed by atoms with van der Waals surface area (Å²) in [6.07, 6.45) is 0.566. The highest BCUT2D eigenvalue weighted by molar-refractivity contribution is 5.83. The number of fused-ring (bicyclic) bond motifs is 4. The summed E-state index contributed by atoms with van der Waals surface area (Å²) in [6, 6.07) is 10.1. The van der Waals surface area contributed by atoms with Crippen molar-refractivity contribution in [3.63, 3.8) is 0 Å². The third-order valence-electron chi connectivity index (χ3n) is 4.24. The highest BCUT2D eigenvalue weighted by Gasteiger charge is 2.24. The number of carbonyl (C=O) groups excluding carboxylic acids is 1. The van der Waals surface area contributed by atoms with E-state index < -0.39 is 0 Å². The molecule has 2 aromatic rings. The summed E-state index contributed by atoms with van der Waals surface area (Å²) in [5, 5.41) is 2.84. The maximum atomic E-state index is 10.9. The first-order chi connectivity index (χ1) is 10.6. The van der Waals surface area contributed by atoms with Gasteiger partial charge in [-0.15, -0.1) is 0 Å². The number of carbonyl (C=O) groups is 1. The highest BCUT2D eigenvalue weighted by atomic mass is 16.1. The van der Waals surface area contributed by atoms with Crippen molar-refractivity contribution in [2.24, 2.45) is 15.8 Å². The zero-order valence-corrected chi connectivity index (χ0v) is 12.3. The van der Waals surface area contributed by atoms with Crippen LogP contribution in [0, 0.1) is 6.92 Å². The molecule has 22 heavy (non-hydrogen) atoms. The van der Waals surface area contributed by atoms with Crippen LogP contribution in [0.4, 0.5) is 5.69 Å². The second kappa shape index (κ2) is 4.35. The van der Waals surface area contributed by atoms with Crippen molar-refractivity contribution >= 4 is 17.7 Å². The number of nitrogens with two attached hydrogens (primary N) is 1. The number of hydrogen-bond donors (Lipinski definition) is 1. The molecule has 4 rings (SSSR count). The SMILES string of the molecule is CC1=C(N(N)C=O)N=c2cc3c(c(C)c21)=Nc1ccccc1-3. The van der Waals surface area contributed by atoms with Crippen LogP contribution < -0.4 is 16.6 Å². The number of benzene rings is 2. The molecule has 2 aliphatic heterocycles. The number of hydrazine groups is 1. The van der Waals surface area contributed by atoms with Crippen molar-refractivity contribution in [2.75, 3.05) is 0 Å². The van der Waals surface area contributed by atoms with Gasteiger partial charge in [-0.05, 0) is 31.5 Å². The molecule has 0 bridgehead atoms. The maximum absolute atomic E-state index is 10.9. The van der Waals surface area contributed by atoms with Crippen LogP contribution in [0.3, 0.4) is 0 Å². The summed E-state index contributed by atoms with van der Waals surface area (Å²) in [4.78, 5) is 20.2. The van der Waals surface area contributed by atoms with E-state index in [4.69, 9.17) is 10.8 Å². The zero-order valence-electron chi connectivity index (χ0n) is 12.3. The van der Waals surface area contributed by atoms with Crippen molar-refractivity contribution in [2.45, 2.75) is 13.8 Å². The summed E-state index contributed by atoms with van der Waals surface area (Å²) in [6.45, 7) is 3.96. The molecule has 0 aromatic heterocycles. The van der Waals surface area contributed by atoms with Crippen LogP contribution in [-0.4, -0.2) is 11.4 Å². The lowest BCUT2D eigenvalue weighted by atomic mass is 9.96. The molecular weight excluding hydrogens is 276 g/mol. The van der Waals surface area contributed by atoms with Gasteiger partial charge < -0.3 is 0 Å². The van der Waals surface area contributed by atoms with E-state index in [1.807, 2.05) is 38.1 Å². The number of amides is 1. The van der Waals surface area contributed by atoms with E-state index >= 15 is 0 Å². The average Bonchev–Trinajstić information content (AvgIpc) is 3.06. The van der Waals surface area contributed by atoms with Crippen molar-refractivity contribution < 1.29 is 4.79 Å². The number of hydrogen-bond acceptors (Lipinski definition) is 4. The summed E-state index contributed by atoms with van der Waals surface area (Å²) >= 11 is 0. The summed E-state index contributed by atoms with van der Waals surface area (Å²) < 4.78 is 0. The standard InChI is InChI=1S/C17H14N4O/c1-9-15-10(2)17(21(18)8-22)20-14(15)7-12-11-5-3-4-6-13(11)19-16(9)12/h3-8H,18H2,1-2H3. The zero-order chi connectivity index (χ0) is 15.4. The third-order valence-corrected chi connectivity index (χ3v) is 4.24. The minimum Gasteiger partial charge on any atom is -0.277 e. The molecule has 0 saturated carbocycles. The molecule has 0 spiro atoms. The largest absolute Gasteiger partial charge is 0.277 e. The van der Waals surface area contributed by atoms with Crippen LogP contribution >= 0.6 is 0 Å². The van der Waals surface area contributed by atoms with Gasteiger partial charge in [0, 0.05) is 22.3 Å². The fourth-order valence-electron chi connectivity index (χ4n) is 3.23. The van der Waals surface area contributed by atoms with E-state index in [1.54, 1.807) is 0 Å². The first-order valence-electron chi connectivity index (χ1n) is 7.02. The number of para-hydroxylation sites is 1. The Morgan fingerprint density at radius 3 is 2.68 bits per heavy atom. The Labute approximate surface area is 127 Å². The second-order valence-electron chi connectivity index (χ2n) is 5.49. The fraction of sp³-hybridized carbons (Fsp3) is 0.118. The monoisotopic (exact) mass is 290 g/mol. The molecule has 0 radical (unpaired) electrons. The normalized spacial score (nSPS) is 14.0. The lowest BCUT2D eigenvalue weighted by Gasteiger charge is -2.10. The first kappa shape index (κ1) is 12.9. The van der Waals surface area contributed by atoms with Crippen LogP contribution in [0.25, 0.3) is 16.7 Å². The van der Waals surface area contributed by atoms with Gasteiger partial charge in [0.15, 0.2) is 5.82 Å². The molecule has 2 aliphatic rings. The predicted octanol–water partition coefficient (Wildman–Crippen LogP) is 1.58. The molecule has 0 fully saturated rings. The van der Waals surface area contributed by atoms with Crippen LogP contribution in [0.2, 0.25) is 0 Å². The molecule has 2 aromatic carbocycles. The van der Waals surface area contributed by atoms with Gasteiger partial charge in [0.2, 0.25) is 6.41 Å². The molecule has 0 aliphatic carbocycles. The molecule has 0 unspecified atom stereocenters. The molecule has 0 saturated heterocycles. The van der Waals surface area contributed by atoms with Crippen molar-refractivity contribution in [3.05, 3.63) is 58.0 Å². The Kier molecular flexibility index (Phi) is 2.55. The minimum absolute atomic E-state index is 0.491. The Hall–Kier alpha value is -2.79. The van der Waals surface area contributed by atoms with Crippen molar-refractivity contribution in [3.8, 4) is 11.1 Å². The first-order valence-corrected chi connectivity index (χ1v) is 7.02. The molecule has 2 heterocycles. The van der Waals surface area contributed by atoms with E-state index in [-0.39, 0.29) is 0 Å². The van der Waals surface area contributed by atoms with Gasteiger partial charge in [-0.1, -0.05) is 18.2 Å².